The molecular weight excluding hydrogens is 338 g/mol. The Morgan fingerprint density at radius 1 is 1.11 bits per heavy atom. The van der Waals surface area contributed by atoms with Gasteiger partial charge in [-0.25, -0.2) is 0 Å². The Kier molecular flexibility index (Phi) is 4.58. The van der Waals surface area contributed by atoms with E-state index in [1.165, 1.54) is 6.20 Å². The van der Waals surface area contributed by atoms with Crippen LogP contribution < -0.4 is 0 Å². The van der Waals surface area contributed by atoms with Gasteiger partial charge in [-0.15, -0.1) is 0 Å². The monoisotopic (exact) mass is 353 g/mol. The Labute approximate surface area is 156 Å². The van der Waals surface area contributed by atoms with Gasteiger partial charge in [-0.05, 0) is 23.8 Å². The molecule has 1 aromatic carbocycles. The highest BCUT2D eigenvalue weighted by molar-refractivity contribution is 5.90. The van der Waals surface area contributed by atoms with Gasteiger partial charge < -0.3 is 4.52 Å². The Morgan fingerprint density at radius 2 is 2.00 bits per heavy atom. The van der Waals surface area contributed by atoms with Crippen molar-refractivity contribution in [2.24, 2.45) is 0 Å². The van der Waals surface area contributed by atoms with Gasteiger partial charge in [0, 0.05) is 35.8 Å². The zero-order valence-electron chi connectivity index (χ0n) is 14.4. The molecule has 0 fully saturated rings. The van der Waals surface area contributed by atoms with Crippen LogP contribution in [0.5, 0.6) is 0 Å². The van der Waals surface area contributed by atoms with Gasteiger partial charge in [-0.3, -0.25) is 9.67 Å². The lowest BCUT2D eigenvalue weighted by atomic mass is 10.1. The second-order valence-corrected chi connectivity index (χ2v) is 5.90. The van der Waals surface area contributed by atoms with Crippen molar-refractivity contribution in [3.8, 4) is 17.3 Å². The third-order valence-corrected chi connectivity index (χ3v) is 4.04. The predicted octanol–water partition coefficient (Wildman–Crippen LogP) is 4.05. The largest absolute Gasteiger partial charge is 0.356 e. The van der Waals surface area contributed by atoms with Gasteiger partial charge in [0.1, 0.15) is 11.8 Å². The lowest BCUT2D eigenvalue weighted by Crippen LogP contribution is -2.00. The van der Waals surface area contributed by atoms with E-state index in [4.69, 9.17) is 9.62 Å². The molecule has 0 aliphatic carbocycles. The second kappa shape index (κ2) is 7.50. The lowest BCUT2D eigenvalue weighted by molar-refractivity contribution is 0.411. The van der Waals surface area contributed by atoms with Crippen LogP contribution in [0, 0.1) is 11.3 Å². The highest BCUT2D eigenvalue weighted by Crippen LogP contribution is 2.26. The molecule has 0 aliphatic rings. The predicted molar refractivity (Wildman–Crippen MR) is 101 cm³/mol. The second-order valence-electron chi connectivity index (χ2n) is 5.90. The maximum Gasteiger partial charge on any atom is 0.177 e. The Morgan fingerprint density at radius 3 is 2.70 bits per heavy atom. The smallest absolute Gasteiger partial charge is 0.177 e. The number of hydrogen-bond acceptors (Lipinski definition) is 5. The number of aromatic nitrogens is 4. The van der Waals surface area contributed by atoms with E-state index in [1.54, 1.807) is 24.5 Å². The van der Waals surface area contributed by atoms with Crippen molar-refractivity contribution < 1.29 is 4.52 Å². The van der Waals surface area contributed by atoms with Crippen molar-refractivity contribution in [2.75, 3.05) is 0 Å². The molecule has 0 amide bonds. The summed E-state index contributed by atoms with van der Waals surface area (Å²) in [5.41, 5.74) is 3.98. The van der Waals surface area contributed by atoms with Crippen LogP contribution in [0.15, 0.2) is 77.8 Å². The first-order valence-electron chi connectivity index (χ1n) is 8.38. The summed E-state index contributed by atoms with van der Waals surface area (Å²) in [6, 6.07) is 17.7. The molecule has 0 saturated heterocycles. The molecule has 4 rings (SSSR count). The first-order chi connectivity index (χ1) is 13.3. The van der Waals surface area contributed by atoms with E-state index >= 15 is 0 Å². The number of nitriles is 1. The van der Waals surface area contributed by atoms with Gasteiger partial charge in [0.2, 0.25) is 0 Å². The van der Waals surface area contributed by atoms with Crippen molar-refractivity contribution in [3.63, 3.8) is 0 Å². The highest BCUT2D eigenvalue weighted by Gasteiger charge is 2.13. The number of nitrogens with zero attached hydrogens (tertiary/aromatic N) is 5. The van der Waals surface area contributed by atoms with Crippen LogP contribution in [-0.2, 0) is 6.54 Å². The van der Waals surface area contributed by atoms with E-state index in [-0.39, 0.29) is 0 Å². The summed E-state index contributed by atoms with van der Waals surface area (Å²) in [5, 5.41) is 17.9. The number of rotatable bonds is 5. The van der Waals surface area contributed by atoms with Crippen LogP contribution in [0.4, 0.5) is 0 Å². The van der Waals surface area contributed by atoms with Gasteiger partial charge in [0.05, 0.1) is 18.3 Å². The highest BCUT2D eigenvalue weighted by atomic mass is 16.5. The fourth-order valence-corrected chi connectivity index (χ4v) is 2.79. The zero-order chi connectivity index (χ0) is 18.5. The van der Waals surface area contributed by atoms with Gasteiger partial charge in [0.15, 0.2) is 5.76 Å². The third kappa shape index (κ3) is 3.67. The molecule has 3 aromatic heterocycles. The summed E-state index contributed by atoms with van der Waals surface area (Å²) < 4.78 is 6.99. The van der Waals surface area contributed by atoms with E-state index < -0.39 is 0 Å². The SMILES string of the molecule is N#C/C(=C/c1cn(Cc2ccccc2)nc1-c1cccnc1)c1ccno1. The van der Waals surface area contributed by atoms with Gasteiger partial charge in [-0.2, -0.15) is 10.4 Å². The van der Waals surface area contributed by atoms with E-state index in [2.05, 4.69) is 28.3 Å². The molecule has 27 heavy (non-hydrogen) atoms. The van der Waals surface area contributed by atoms with Crippen LogP contribution in [0.3, 0.4) is 0 Å². The molecule has 0 radical (unpaired) electrons. The number of pyridine rings is 1. The maximum absolute atomic E-state index is 9.52. The first kappa shape index (κ1) is 16.5. The van der Waals surface area contributed by atoms with Crippen LogP contribution in [0.1, 0.15) is 16.9 Å². The van der Waals surface area contributed by atoms with Crippen LogP contribution >= 0.6 is 0 Å². The fourth-order valence-electron chi connectivity index (χ4n) is 2.79. The standard InChI is InChI=1S/C21H15N5O/c22-12-18(20-8-10-24-27-20)11-19-15-26(14-16-5-2-1-3-6-16)25-21(19)17-7-4-9-23-13-17/h1-11,13,15H,14H2/b18-11-. The molecule has 0 saturated carbocycles. The van der Waals surface area contributed by atoms with Crippen molar-refractivity contribution in [1.29, 1.82) is 5.26 Å². The average molecular weight is 353 g/mol. The molecule has 4 aromatic rings. The molecule has 0 bridgehead atoms. The molecule has 0 spiro atoms. The lowest BCUT2D eigenvalue weighted by Gasteiger charge is -2.01. The van der Waals surface area contributed by atoms with Crippen LogP contribution in [0.25, 0.3) is 22.9 Å². The molecular formula is C21H15N5O. The minimum atomic E-state index is 0.386. The molecule has 0 N–H and O–H groups in total. The summed E-state index contributed by atoms with van der Waals surface area (Å²) >= 11 is 0. The number of benzene rings is 1. The summed E-state index contributed by atoms with van der Waals surface area (Å²) in [5.74, 6) is 0.422. The summed E-state index contributed by atoms with van der Waals surface area (Å²) in [7, 11) is 0. The molecule has 0 atom stereocenters. The molecule has 130 valence electrons. The van der Waals surface area contributed by atoms with Crippen molar-refractivity contribution >= 4 is 11.6 Å². The first-order valence-corrected chi connectivity index (χ1v) is 8.38. The summed E-state index contributed by atoms with van der Waals surface area (Å²) in [6.07, 6.45) is 8.67. The Hall–Kier alpha value is -3.98. The van der Waals surface area contributed by atoms with Gasteiger partial charge in [-0.1, -0.05) is 35.5 Å². The Balaban J connectivity index is 1.78. The minimum absolute atomic E-state index is 0.386. The van der Waals surface area contributed by atoms with Crippen molar-refractivity contribution in [2.45, 2.75) is 6.54 Å². The summed E-state index contributed by atoms with van der Waals surface area (Å²) in [6.45, 7) is 0.631. The fraction of sp³-hybridized carbons (Fsp3) is 0.0476. The van der Waals surface area contributed by atoms with E-state index in [9.17, 15) is 5.26 Å². The number of allylic oxidation sites excluding steroid dienone is 1. The van der Waals surface area contributed by atoms with E-state index in [0.29, 0.717) is 17.9 Å². The third-order valence-electron chi connectivity index (χ3n) is 4.04. The topological polar surface area (TPSA) is 80.5 Å². The van der Waals surface area contributed by atoms with E-state index in [1.807, 2.05) is 41.2 Å². The van der Waals surface area contributed by atoms with Crippen LogP contribution in [0.2, 0.25) is 0 Å². The van der Waals surface area contributed by atoms with Crippen molar-refractivity contribution in [3.05, 3.63) is 90.2 Å². The quantitative estimate of drug-likeness (QED) is 0.506. The maximum atomic E-state index is 9.52. The Bertz CT molecular complexity index is 1090. The average Bonchev–Trinajstić information content (AvgIpc) is 3.38. The zero-order valence-corrected chi connectivity index (χ0v) is 14.4. The normalized spacial score (nSPS) is 11.3. The van der Waals surface area contributed by atoms with E-state index in [0.717, 1.165) is 22.4 Å². The molecule has 3 heterocycles. The molecule has 6 heteroatoms. The van der Waals surface area contributed by atoms with Crippen molar-refractivity contribution in [1.82, 2.24) is 19.9 Å². The minimum Gasteiger partial charge on any atom is -0.356 e. The molecule has 0 unspecified atom stereocenters. The number of hydrogen-bond donors (Lipinski definition) is 0. The van der Waals surface area contributed by atoms with Crippen LogP contribution in [-0.4, -0.2) is 19.9 Å². The molecule has 6 nitrogen and oxygen atoms in total. The molecule has 0 aliphatic heterocycles. The summed E-state index contributed by atoms with van der Waals surface area (Å²) in [4.78, 5) is 4.18. The van der Waals surface area contributed by atoms with Gasteiger partial charge >= 0.3 is 0 Å². The van der Waals surface area contributed by atoms with Gasteiger partial charge in [0.25, 0.3) is 0 Å².